The van der Waals surface area contributed by atoms with Gasteiger partial charge in [-0.05, 0) is 32.0 Å². The SMILES string of the molecule is CC(O)CCNCc1cn2ccccc2n1. The minimum Gasteiger partial charge on any atom is -0.393 e. The van der Waals surface area contributed by atoms with Crippen LogP contribution in [0.4, 0.5) is 0 Å². The molecule has 2 heterocycles. The van der Waals surface area contributed by atoms with Gasteiger partial charge in [0.15, 0.2) is 0 Å². The highest BCUT2D eigenvalue weighted by molar-refractivity contribution is 5.39. The lowest BCUT2D eigenvalue weighted by Crippen LogP contribution is -2.18. The van der Waals surface area contributed by atoms with E-state index in [9.17, 15) is 0 Å². The van der Waals surface area contributed by atoms with Crippen molar-refractivity contribution in [2.24, 2.45) is 0 Å². The summed E-state index contributed by atoms with van der Waals surface area (Å²) in [6.07, 6.45) is 4.54. The zero-order valence-electron chi connectivity index (χ0n) is 9.43. The van der Waals surface area contributed by atoms with Gasteiger partial charge >= 0.3 is 0 Å². The van der Waals surface area contributed by atoms with Crippen LogP contribution in [-0.2, 0) is 6.54 Å². The van der Waals surface area contributed by atoms with Gasteiger partial charge in [0, 0.05) is 18.9 Å². The molecule has 2 rings (SSSR count). The third-order valence-electron chi connectivity index (χ3n) is 2.46. The molecule has 0 saturated heterocycles. The number of aromatic nitrogens is 2. The van der Waals surface area contributed by atoms with Crippen LogP contribution in [0.2, 0.25) is 0 Å². The smallest absolute Gasteiger partial charge is 0.137 e. The summed E-state index contributed by atoms with van der Waals surface area (Å²) in [7, 11) is 0. The molecule has 0 radical (unpaired) electrons. The van der Waals surface area contributed by atoms with Crippen molar-refractivity contribution in [2.45, 2.75) is 26.0 Å². The zero-order chi connectivity index (χ0) is 11.4. The van der Waals surface area contributed by atoms with Gasteiger partial charge in [-0.2, -0.15) is 0 Å². The topological polar surface area (TPSA) is 49.6 Å². The van der Waals surface area contributed by atoms with E-state index in [-0.39, 0.29) is 6.10 Å². The summed E-state index contributed by atoms with van der Waals surface area (Å²) >= 11 is 0. The molecular weight excluding hydrogens is 202 g/mol. The number of aliphatic hydroxyl groups excluding tert-OH is 1. The molecule has 0 aliphatic carbocycles. The molecule has 0 aliphatic rings. The second-order valence-corrected chi connectivity index (χ2v) is 4.01. The number of hydrogen-bond donors (Lipinski definition) is 2. The minimum absolute atomic E-state index is 0.242. The van der Waals surface area contributed by atoms with Gasteiger partial charge in [-0.1, -0.05) is 6.07 Å². The quantitative estimate of drug-likeness (QED) is 0.743. The van der Waals surface area contributed by atoms with Crippen LogP contribution in [0, 0.1) is 0 Å². The Morgan fingerprint density at radius 1 is 1.50 bits per heavy atom. The molecule has 2 aromatic heterocycles. The van der Waals surface area contributed by atoms with Crippen LogP contribution in [-0.4, -0.2) is 27.1 Å². The molecule has 0 aromatic carbocycles. The van der Waals surface area contributed by atoms with Crippen molar-refractivity contribution in [1.82, 2.24) is 14.7 Å². The second-order valence-electron chi connectivity index (χ2n) is 4.01. The number of nitrogens with one attached hydrogen (secondary N) is 1. The van der Waals surface area contributed by atoms with Crippen LogP contribution in [0.3, 0.4) is 0 Å². The lowest BCUT2D eigenvalue weighted by molar-refractivity contribution is 0.183. The summed E-state index contributed by atoms with van der Waals surface area (Å²) < 4.78 is 2.01. The van der Waals surface area contributed by atoms with E-state index in [4.69, 9.17) is 5.11 Å². The van der Waals surface area contributed by atoms with E-state index in [0.29, 0.717) is 0 Å². The Balaban J connectivity index is 1.89. The van der Waals surface area contributed by atoms with Gasteiger partial charge < -0.3 is 14.8 Å². The highest BCUT2D eigenvalue weighted by Gasteiger charge is 2.00. The summed E-state index contributed by atoms with van der Waals surface area (Å²) in [5.41, 5.74) is 1.99. The molecule has 0 saturated carbocycles. The Morgan fingerprint density at radius 2 is 2.38 bits per heavy atom. The van der Waals surface area contributed by atoms with Crippen molar-refractivity contribution in [1.29, 1.82) is 0 Å². The highest BCUT2D eigenvalue weighted by Crippen LogP contribution is 2.03. The maximum absolute atomic E-state index is 9.10. The first-order valence-corrected chi connectivity index (χ1v) is 5.57. The van der Waals surface area contributed by atoms with Gasteiger partial charge in [0.1, 0.15) is 5.65 Å². The Kier molecular flexibility index (Phi) is 3.54. The number of hydrogen-bond acceptors (Lipinski definition) is 3. The maximum atomic E-state index is 9.10. The number of aliphatic hydroxyl groups is 1. The number of rotatable bonds is 5. The third-order valence-corrected chi connectivity index (χ3v) is 2.46. The molecule has 2 N–H and O–H groups in total. The molecule has 4 heteroatoms. The van der Waals surface area contributed by atoms with E-state index in [1.807, 2.05) is 35.0 Å². The average Bonchev–Trinajstić information content (AvgIpc) is 2.66. The van der Waals surface area contributed by atoms with E-state index in [2.05, 4.69) is 10.3 Å². The Hall–Kier alpha value is -1.39. The van der Waals surface area contributed by atoms with Crippen molar-refractivity contribution >= 4 is 5.65 Å². The fraction of sp³-hybridized carbons (Fsp3) is 0.417. The molecule has 0 fully saturated rings. The fourth-order valence-electron chi connectivity index (χ4n) is 1.60. The molecule has 0 bridgehead atoms. The molecule has 1 atom stereocenters. The normalized spacial score (nSPS) is 13.1. The summed E-state index contributed by atoms with van der Waals surface area (Å²) in [6.45, 7) is 3.35. The fourth-order valence-corrected chi connectivity index (χ4v) is 1.60. The average molecular weight is 219 g/mol. The van der Waals surface area contributed by atoms with E-state index >= 15 is 0 Å². The van der Waals surface area contributed by atoms with Gasteiger partial charge in [-0.25, -0.2) is 4.98 Å². The van der Waals surface area contributed by atoms with Crippen molar-refractivity contribution in [3.8, 4) is 0 Å². The van der Waals surface area contributed by atoms with Gasteiger partial charge in [-0.15, -0.1) is 0 Å². The molecule has 0 amide bonds. The number of fused-ring (bicyclic) bond motifs is 1. The summed E-state index contributed by atoms with van der Waals surface area (Å²) in [6, 6.07) is 5.95. The van der Waals surface area contributed by atoms with Crippen molar-refractivity contribution < 1.29 is 5.11 Å². The molecule has 86 valence electrons. The lowest BCUT2D eigenvalue weighted by Gasteiger charge is -2.04. The Labute approximate surface area is 94.9 Å². The van der Waals surface area contributed by atoms with Gasteiger partial charge in [0.25, 0.3) is 0 Å². The third kappa shape index (κ3) is 2.81. The molecule has 4 nitrogen and oxygen atoms in total. The van der Waals surface area contributed by atoms with E-state index in [0.717, 1.165) is 30.9 Å². The second kappa shape index (κ2) is 5.09. The summed E-state index contributed by atoms with van der Waals surface area (Å²) in [5.74, 6) is 0. The van der Waals surface area contributed by atoms with Crippen LogP contribution >= 0.6 is 0 Å². The van der Waals surface area contributed by atoms with Crippen LogP contribution in [0.15, 0.2) is 30.6 Å². The molecule has 0 spiro atoms. The summed E-state index contributed by atoms with van der Waals surface area (Å²) in [5, 5.41) is 12.4. The van der Waals surface area contributed by atoms with Crippen LogP contribution < -0.4 is 5.32 Å². The predicted molar refractivity (Wildman–Crippen MR) is 63.2 cm³/mol. The van der Waals surface area contributed by atoms with Crippen LogP contribution in [0.25, 0.3) is 5.65 Å². The maximum Gasteiger partial charge on any atom is 0.137 e. The first kappa shape index (κ1) is 11.1. The largest absolute Gasteiger partial charge is 0.393 e. The summed E-state index contributed by atoms with van der Waals surface area (Å²) in [4.78, 5) is 4.47. The van der Waals surface area contributed by atoms with E-state index in [1.54, 1.807) is 6.92 Å². The molecule has 1 unspecified atom stereocenters. The number of pyridine rings is 1. The van der Waals surface area contributed by atoms with Crippen molar-refractivity contribution in [3.63, 3.8) is 0 Å². The zero-order valence-corrected chi connectivity index (χ0v) is 9.43. The minimum atomic E-state index is -0.242. The first-order valence-electron chi connectivity index (χ1n) is 5.57. The predicted octanol–water partition coefficient (Wildman–Crippen LogP) is 1.19. The van der Waals surface area contributed by atoms with Crippen LogP contribution in [0.1, 0.15) is 19.0 Å². The monoisotopic (exact) mass is 219 g/mol. The van der Waals surface area contributed by atoms with Crippen molar-refractivity contribution in [2.75, 3.05) is 6.54 Å². The Morgan fingerprint density at radius 3 is 3.12 bits per heavy atom. The Bertz CT molecular complexity index is 417. The van der Waals surface area contributed by atoms with E-state index < -0.39 is 0 Å². The molecule has 2 aromatic rings. The van der Waals surface area contributed by atoms with Gasteiger partial charge in [0.05, 0.1) is 11.8 Å². The van der Waals surface area contributed by atoms with Gasteiger partial charge in [0.2, 0.25) is 0 Å². The molecular formula is C12H17N3O. The van der Waals surface area contributed by atoms with Crippen molar-refractivity contribution in [3.05, 3.63) is 36.3 Å². The first-order chi connectivity index (χ1) is 7.75. The molecule has 0 aliphatic heterocycles. The van der Waals surface area contributed by atoms with Gasteiger partial charge in [-0.3, -0.25) is 0 Å². The number of imidazole rings is 1. The lowest BCUT2D eigenvalue weighted by atomic mass is 10.3. The number of nitrogens with zero attached hydrogens (tertiary/aromatic N) is 2. The molecule has 16 heavy (non-hydrogen) atoms. The standard InChI is InChI=1S/C12H17N3O/c1-10(16)5-6-13-8-11-9-15-7-3-2-4-12(15)14-11/h2-4,7,9-10,13,16H,5-6,8H2,1H3. The highest BCUT2D eigenvalue weighted by atomic mass is 16.3. The van der Waals surface area contributed by atoms with E-state index in [1.165, 1.54) is 0 Å². The van der Waals surface area contributed by atoms with Crippen LogP contribution in [0.5, 0.6) is 0 Å².